The average molecular weight is 384 g/mol. The van der Waals surface area contributed by atoms with Gasteiger partial charge < -0.3 is 0 Å². The van der Waals surface area contributed by atoms with Crippen LogP contribution in [0.4, 0.5) is 0 Å². The standard InChI is InChI=1S/8CN.Co.2Ni/c8*1-2;;;/q;;;;;;;;+2;2*-1. The van der Waals surface area contributed by atoms with Crippen LogP contribution in [0, 0.1) is 82.4 Å². The van der Waals surface area contributed by atoms with Gasteiger partial charge in [0.25, 0.3) is 0 Å². The first-order valence-electron chi connectivity index (χ1n) is 3.05. The van der Waals surface area contributed by atoms with Crippen LogP contribution in [-0.2, 0) is 41.6 Å². The van der Waals surface area contributed by atoms with Gasteiger partial charge in [-0.1, -0.05) is 0 Å². The van der Waals surface area contributed by atoms with E-state index in [0.29, 0.717) is 0 Å². The molecule has 0 saturated carbocycles. The van der Waals surface area contributed by atoms with E-state index in [4.69, 9.17) is 42.1 Å². The smallest absolute Gasteiger partial charge is 2.00 e. The maximum atomic E-state index is 8.10. The molecule has 0 bridgehead atoms. The summed E-state index contributed by atoms with van der Waals surface area (Å²) in [5.74, 6) is 0. The third-order valence-electron chi connectivity index (χ3n) is 0.849. The second-order valence-corrected chi connectivity index (χ2v) is 6.24. The molecule has 101 valence electrons. The molecule has 1 radical (unpaired) electrons. The number of rotatable bonds is 0. The SMILES string of the molecule is N#[C][Ni-]([C]#N)([C]#N)[C]#N.N#[C][Ni-]([C]#N)([C]#N)[C]#N.[Co+2]. The van der Waals surface area contributed by atoms with E-state index in [-0.39, 0.29) is 16.8 Å². The molecule has 0 rings (SSSR count). The van der Waals surface area contributed by atoms with E-state index >= 15 is 0 Å². The van der Waals surface area contributed by atoms with Gasteiger partial charge in [-0.05, 0) is 0 Å². The predicted octanol–water partition coefficient (Wildman–Crippen LogP) is 0.127. The first-order chi connectivity index (χ1) is 8.49. The molecule has 0 aromatic heterocycles. The molecule has 0 unspecified atom stereocenters. The van der Waals surface area contributed by atoms with Crippen LogP contribution in [0.2, 0.25) is 0 Å². The summed E-state index contributed by atoms with van der Waals surface area (Å²) in [6.07, 6.45) is 0. The largest absolute Gasteiger partial charge is 2.00 e. The molecule has 0 aromatic rings. The molecular formula is C8CoN8Ni2. The van der Waals surface area contributed by atoms with Crippen molar-refractivity contribution < 1.29 is 41.6 Å². The molecule has 19 heavy (non-hydrogen) atoms. The van der Waals surface area contributed by atoms with Crippen LogP contribution in [0.3, 0.4) is 0 Å². The number of nitriles is 8. The normalized spacial score (nSPS) is 8.84. The monoisotopic (exact) mass is 383 g/mol. The van der Waals surface area contributed by atoms with Gasteiger partial charge in [-0.3, -0.25) is 0 Å². The Kier molecular flexibility index (Phi) is 12.0. The van der Waals surface area contributed by atoms with Crippen molar-refractivity contribution in [3.63, 3.8) is 0 Å². The molecule has 0 amide bonds. The molecule has 0 spiro atoms. The average Bonchev–Trinajstić information content (AvgIpc) is 2.46. The zero-order valence-electron chi connectivity index (χ0n) is 8.54. The van der Waals surface area contributed by atoms with Crippen LogP contribution in [0.15, 0.2) is 0 Å². The van der Waals surface area contributed by atoms with Gasteiger partial charge in [-0.15, -0.1) is 0 Å². The molecule has 0 saturated heterocycles. The van der Waals surface area contributed by atoms with Gasteiger partial charge in [-0.25, -0.2) is 0 Å². The number of nitrogens with zero attached hydrogens (tertiary/aromatic N) is 8. The Hall–Kier alpha value is -2.59. The van der Waals surface area contributed by atoms with E-state index in [1.807, 2.05) is 0 Å². The summed E-state index contributed by atoms with van der Waals surface area (Å²) in [5, 5.41) is 75.8. The van der Waals surface area contributed by atoms with Crippen molar-refractivity contribution in [2.45, 2.75) is 0 Å². The molecular weight excluding hydrogens is 384 g/mol. The van der Waals surface area contributed by atoms with Gasteiger partial charge in [0, 0.05) is 0 Å². The van der Waals surface area contributed by atoms with E-state index in [2.05, 4.69) is 0 Å². The molecule has 8 nitrogen and oxygen atoms in total. The van der Waals surface area contributed by atoms with Crippen molar-refractivity contribution in [2.24, 2.45) is 0 Å². The van der Waals surface area contributed by atoms with Gasteiger partial charge >= 0.3 is 124 Å². The minimum Gasteiger partial charge on any atom is 2.00 e. The summed E-state index contributed by atoms with van der Waals surface area (Å²) < 4.78 is 0. The Morgan fingerprint density at radius 1 is 0.368 bits per heavy atom. The predicted molar refractivity (Wildman–Crippen MR) is 44.9 cm³/mol. The Morgan fingerprint density at radius 3 is 0.474 bits per heavy atom. The summed E-state index contributed by atoms with van der Waals surface area (Å²) >= 11 is -6.06. The summed E-state index contributed by atoms with van der Waals surface area (Å²) in [7, 11) is 0. The topological polar surface area (TPSA) is 190 Å². The maximum absolute atomic E-state index is 8.10. The Labute approximate surface area is 123 Å². The Bertz CT molecular complexity index is 476. The van der Waals surface area contributed by atoms with Gasteiger partial charge in [0.05, 0.1) is 0 Å². The van der Waals surface area contributed by atoms with Crippen LogP contribution in [0.25, 0.3) is 0 Å². The molecule has 0 atom stereocenters. The van der Waals surface area contributed by atoms with E-state index in [1.54, 1.807) is 0 Å². The second kappa shape index (κ2) is 10.6. The van der Waals surface area contributed by atoms with Crippen molar-refractivity contribution in [2.75, 3.05) is 0 Å². The minimum absolute atomic E-state index is 0. The van der Waals surface area contributed by atoms with E-state index < -0.39 is 24.8 Å². The molecule has 0 fully saturated rings. The maximum Gasteiger partial charge on any atom is 2.00 e. The summed E-state index contributed by atoms with van der Waals surface area (Å²) in [6.45, 7) is 0. The minimum atomic E-state index is -3.03. The van der Waals surface area contributed by atoms with Crippen molar-refractivity contribution in [1.82, 2.24) is 0 Å². The molecule has 0 N–H and O–H groups in total. The quantitative estimate of drug-likeness (QED) is 0.526. The van der Waals surface area contributed by atoms with Gasteiger partial charge in [-0.2, -0.15) is 0 Å². The summed E-state index contributed by atoms with van der Waals surface area (Å²) in [6, 6.07) is 0. The zero-order valence-corrected chi connectivity index (χ0v) is 11.6. The number of hydrogen-bond donors (Lipinski definition) is 0. The molecule has 0 heterocycles. The van der Waals surface area contributed by atoms with Crippen LogP contribution < -0.4 is 0 Å². The Morgan fingerprint density at radius 2 is 0.474 bits per heavy atom. The van der Waals surface area contributed by atoms with Crippen molar-refractivity contribution in [1.29, 1.82) is 42.1 Å². The Balaban J connectivity index is -0.000000256. The summed E-state index contributed by atoms with van der Waals surface area (Å²) in [4.78, 5) is 0. The fourth-order valence-corrected chi connectivity index (χ4v) is 0.782. The van der Waals surface area contributed by atoms with Gasteiger partial charge in [0.15, 0.2) is 0 Å². The molecule has 0 aromatic carbocycles. The fourth-order valence-electron chi connectivity index (χ4n) is 0.190. The van der Waals surface area contributed by atoms with Gasteiger partial charge in [0.2, 0.25) is 0 Å². The van der Waals surface area contributed by atoms with E-state index in [1.165, 1.54) is 40.3 Å². The molecule has 0 aliphatic heterocycles. The fraction of sp³-hybridized carbons (Fsp3) is 0. The van der Waals surface area contributed by atoms with Crippen LogP contribution >= 0.6 is 0 Å². The summed E-state index contributed by atoms with van der Waals surface area (Å²) in [5.41, 5.74) is 0. The molecule has 0 aliphatic carbocycles. The third kappa shape index (κ3) is 6.05. The van der Waals surface area contributed by atoms with Crippen molar-refractivity contribution in [3.05, 3.63) is 0 Å². The van der Waals surface area contributed by atoms with Gasteiger partial charge in [0.1, 0.15) is 0 Å². The third-order valence-corrected chi connectivity index (χ3v) is 3.50. The first kappa shape index (κ1) is 21.7. The van der Waals surface area contributed by atoms with Crippen molar-refractivity contribution in [3.8, 4) is 40.3 Å². The number of hydrogen-bond acceptors (Lipinski definition) is 8. The first-order valence-corrected chi connectivity index (χ1v) is 7.00. The van der Waals surface area contributed by atoms with Crippen LogP contribution in [0.5, 0.6) is 0 Å². The van der Waals surface area contributed by atoms with Crippen LogP contribution in [0.1, 0.15) is 0 Å². The van der Waals surface area contributed by atoms with Crippen LogP contribution in [-0.4, -0.2) is 0 Å². The molecule has 11 heteroatoms. The second-order valence-electron chi connectivity index (χ2n) is 1.51. The molecule has 0 aliphatic rings. The zero-order chi connectivity index (χ0) is 14.7. The van der Waals surface area contributed by atoms with E-state index in [0.717, 1.165) is 0 Å². The van der Waals surface area contributed by atoms with Crippen molar-refractivity contribution >= 4 is 0 Å². The van der Waals surface area contributed by atoms with E-state index in [9.17, 15) is 0 Å².